The Morgan fingerprint density at radius 3 is 2.65 bits per heavy atom. The molecule has 1 aliphatic heterocycles. The van der Waals surface area contributed by atoms with Gasteiger partial charge in [-0.1, -0.05) is 37.3 Å². The molecule has 0 unspecified atom stereocenters. The molecule has 4 rings (SSSR count). The zero-order valence-corrected chi connectivity index (χ0v) is 14.9. The van der Waals surface area contributed by atoms with Crippen molar-refractivity contribution in [2.45, 2.75) is 26.4 Å². The number of benzene rings is 2. The van der Waals surface area contributed by atoms with Gasteiger partial charge in [0.2, 0.25) is 0 Å². The average Bonchev–Trinajstić information content (AvgIpc) is 3.08. The van der Waals surface area contributed by atoms with Gasteiger partial charge in [-0.25, -0.2) is 4.68 Å². The van der Waals surface area contributed by atoms with E-state index in [0.717, 1.165) is 29.2 Å². The third-order valence-electron chi connectivity index (χ3n) is 4.78. The molecule has 3 aromatic rings. The van der Waals surface area contributed by atoms with E-state index in [-0.39, 0.29) is 12.0 Å². The van der Waals surface area contributed by atoms with Crippen molar-refractivity contribution in [3.8, 4) is 11.4 Å². The summed E-state index contributed by atoms with van der Waals surface area (Å²) in [6, 6.07) is 17.5. The third kappa shape index (κ3) is 2.75. The molecule has 5 nitrogen and oxygen atoms in total. The second-order valence-corrected chi connectivity index (χ2v) is 6.42. The van der Waals surface area contributed by atoms with Gasteiger partial charge in [0.15, 0.2) is 0 Å². The Hall–Kier alpha value is -3.08. The summed E-state index contributed by atoms with van der Waals surface area (Å²) in [4.78, 5) is 15.1. The summed E-state index contributed by atoms with van der Waals surface area (Å²) in [5.41, 5.74) is 3.20. The molecular weight excluding hydrogens is 326 g/mol. The van der Waals surface area contributed by atoms with Crippen LogP contribution in [0.2, 0.25) is 0 Å². The highest BCUT2D eigenvalue weighted by molar-refractivity contribution is 6.07. The maximum absolute atomic E-state index is 13.3. The number of hydrogen-bond acceptors (Lipinski definition) is 3. The quantitative estimate of drug-likeness (QED) is 0.719. The number of nitrogens with zero attached hydrogens (tertiary/aromatic N) is 3. The monoisotopic (exact) mass is 347 g/mol. The number of fused-ring (bicyclic) bond motifs is 1. The molecule has 0 saturated carbocycles. The molecule has 132 valence electrons. The SMILES string of the molecule is CC[C@H]1CN(C(=O)c2cnn(-c3ccccc3)c2C)c2ccccc2O1. The number of carbonyl (C=O) groups is 1. The number of hydrogen-bond donors (Lipinski definition) is 0. The van der Waals surface area contributed by atoms with Gasteiger partial charge in [-0.3, -0.25) is 4.79 Å². The first kappa shape index (κ1) is 16.4. The Bertz CT molecular complexity index is 933. The van der Waals surface area contributed by atoms with Gasteiger partial charge >= 0.3 is 0 Å². The average molecular weight is 347 g/mol. The Morgan fingerprint density at radius 1 is 1.15 bits per heavy atom. The minimum Gasteiger partial charge on any atom is -0.486 e. The fraction of sp³-hybridized carbons (Fsp3) is 0.238. The first-order valence-corrected chi connectivity index (χ1v) is 8.86. The van der Waals surface area contributed by atoms with E-state index in [1.165, 1.54) is 0 Å². The van der Waals surface area contributed by atoms with E-state index < -0.39 is 0 Å². The molecule has 0 fully saturated rings. The van der Waals surface area contributed by atoms with Crippen molar-refractivity contribution < 1.29 is 9.53 Å². The van der Waals surface area contributed by atoms with Crippen molar-refractivity contribution in [3.05, 3.63) is 72.1 Å². The van der Waals surface area contributed by atoms with Crippen LogP contribution in [0.25, 0.3) is 5.69 Å². The van der Waals surface area contributed by atoms with Gasteiger partial charge in [-0.05, 0) is 37.6 Å². The summed E-state index contributed by atoms with van der Waals surface area (Å²) in [5.74, 6) is 0.714. The second-order valence-electron chi connectivity index (χ2n) is 6.42. The van der Waals surface area contributed by atoms with Crippen LogP contribution in [0.3, 0.4) is 0 Å². The maximum Gasteiger partial charge on any atom is 0.261 e. The first-order valence-electron chi connectivity index (χ1n) is 8.86. The van der Waals surface area contributed by atoms with E-state index in [1.54, 1.807) is 10.9 Å². The van der Waals surface area contributed by atoms with Crippen LogP contribution in [-0.2, 0) is 0 Å². The number of amides is 1. The van der Waals surface area contributed by atoms with Crippen LogP contribution in [0.4, 0.5) is 5.69 Å². The predicted molar refractivity (Wildman–Crippen MR) is 101 cm³/mol. The van der Waals surface area contributed by atoms with Gasteiger partial charge in [0.25, 0.3) is 5.91 Å². The molecule has 0 bridgehead atoms. The number of ether oxygens (including phenoxy) is 1. The van der Waals surface area contributed by atoms with Crippen LogP contribution in [0.1, 0.15) is 29.4 Å². The lowest BCUT2D eigenvalue weighted by Gasteiger charge is -2.34. The summed E-state index contributed by atoms with van der Waals surface area (Å²) >= 11 is 0. The van der Waals surface area contributed by atoms with E-state index in [0.29, 0.717) is 12.1 Å². The highest BCUT2D eigenvalue weighted by Gasteiger charge is 2.31. The van der Waals surface area contributed by atoms with Crippen LogP contribution in [-0.4, -0.2) is 28.3 Å². The number of carbonyl (C=O) groups excluding carboxylic acids is 1. The molecule has 1 amide bonds. The van der Waals surface area contributed by atoms with Gasteiger partial charge in [0.1, 0.15) is 11.9 Å². The van der Waals surface area contributed by atoms with Crippen molar-refractivity contribution in [1.29, 1.82) is 0 Å². The Kier molecular flexibility index (Phi) is 4.21. The number of aromatic nitrogens is 2. The smallest absolute Gasteiger partial charge is 0.261 e. The van der Waals surface area contributed by atoms with Crippen molar-refractivity contribution in [1.82, 2.24) is 9.78 Å². The Morgan fingerprint density at radius 2 is 1.88 bits per heavy atom. The van der Waals surface area contributed by atoms with Crippen molar-refractivity contribution in [3.63, 3.8) is 0 Å². The largest absolute Gasteiger partial charge is 0.486 e. The highest BCUT2D eigenvalue weighted by atomic mass is 16.5. The Balaban J connectivity index is 1.71. The fourth-order valence-electron chi connectivity index (χ4n) is 3.30. The fourth-order valence-corrected chi connectivity index (χ4v) is 3.30. The summed E-state index contributed by atoms with van der Waals surface area (Å²) in [5, 5.41) is 4.43. The Labute approximate surface area is 152 Å². The minimum atomic E-state index is -0.0427. The van der Waals surface area contributed by atoms with E-state index >= 15 is 0 Å². The van der Waals surface area contributed by atoms with Gasteiger partial charge in [-0.2, -0.15) is 5.10 Å². The molecule has 2 aromatic carbocycles. The molecule has 0 spiro atoms. The highest BCUT2D eigenvalue weighted by Crippen LogP contribution is 2.35. The topological polar surface area (TPSA) is 47.4 Å². The zero-order valence-electron chi connectivity index (χ0n) is 14.9. The molecule has 0 N–H and O–H groups in total. The van der Waals surface area contributed by atoms with E-state index in [1.807, 2.05) is 66.4 Å². The standard InChI is InChI=1S/C21H21N3O2/c1-3-17-14-23(19-11-7-8-12-20(19)26-17)21(25)18-13-22-24(15(18)2)16-9-5-4-6-10-16/h4-13,17H,3,14H2,1-2H3/t17-/m0/s1. The molecule has 1 aliphatic rings. The van der Waals surface area contributed by atoms with E-state index in [2.05, 4.69) is 12.0 Å². The second kappa shape index (κ2) is 6.67. The molecule has 5 heteroatoms. The number of rotatable bonds is 3. The molecule has 0 radical (unpaired) electrons. The summed E-state index contributed by atoms with van der Waals surface area (Å²) < 4.78 is 7.79. The van der Waals surface area contributed by atoms with Crippen molar-refractivity contribution >= 4 is 11.6 Å². The first-order chi connectivity index (χ1) is 12.7. The molecule has 0 saturated heterocycles. The summed E-state index contributed by atoms with van der Waals surface area (Å²) in [6.45, 7) is 4.54. The molecular formula is C21H21N3O2. The number of anilines is 1. The molecule has 2 heterocycles. The van der Waals surface area contributed by atoms with E-state index in [4.69, 9.17) is 4.74 Å². The molecule has 0 aliphatic carbocycles. The summed E-state index contributed by atoms with van der Waals surface area (Å²) in [7, 11) is 0. The third-order valence-corrected chi connectivity index (χ3v) is 4.78. The minimum absolute atomic E-state index is 0.00155. The van der Waals surface area contributed by atoms with Gasteiger partial charge in [0, 0.05) is 0 Å². The number of para-hydroxylation sites is 3. The molecule has 1 atom stereocenters. The molecule has 1 aromatic heterocycles. The van der Waals surface area contributed by atoms with Crippen LogP contribution >= 0.6 is 0 Å². The predicted octanol–water partition coefficient (Wildman–Crippen LogP) is 4.00. The van der Waals surface area contributed by atoms with Gasteiger partial charge in [0.05, 0.1) is 35.4 Å². The lowest BCUT2D eigenvalue weighted by atomic mass is 10.1. The maximum atomic E-state index is 13.3. The summed E-state index contributed by atoms with van der Waals surface area (Å²) in [6.07, 6.45) is 2.50. The lowest BCUT2D eigenvalue weighted by molar-refractivity contribution is 0.0954. The van der Waals surface area contributed by atoms with Crippen LogP contribution in [0.5, 0.6) is 5.75 Å². The van der Waals surface area contributed by atoms with Gasteiger partial charge in [-0.15, -0.1) is 0 Å². The zero-order chi connectivity index (χ0) is 18.1. The normalized spacial score (nSPS) is 16.1. The van der Waals surface area contributed by atoms with Crippen LogP contribution in [0.15, 0.2) is 60.8 Å². The lowest BCUT2D eigenvalue weighted by Crippen LogP contribution is -2.43. The van der Waals surface area contributed by atoms with Crippen molar-refractivity contribution in [2.75, 3.05) is 11.4 Å². The van der Waals surface area contributed by atoms with Crippen LogP contribution in [0, 0.1) is 6.92 Å². The van der Waals surface area contributed by atoms with Gasteiger partial charge < -0.3 is 9.64 Å². The molecule has 26 heavy (non-hydrogen) atoms. The van der Waals surface area contributed by atoms with Crippen LogP contribution < -0.4 is 9.64 Å². The van der Waals surface area contributed by atoms with E-state index in [9.17, 15) is 4.79 Å². The van der Waals surface area contributed by atoms with Crippen molar-refractivity contribution in [2.24, 2.45) is 0 Å².